The van der Waals surface area contributed by atoms with Crippen LogP contribution in [-0.4, -0.2) is 46.9 Å². The first-order valence-corrected chi connectivity index (χ1v) is 9.46. The van der Waals surface area contributed by atoms with Crippen molar-refractivity contribution < 1.29 is 9.18 Å². The Morgan fingerprint density at radius 1 is 1.21 bits per heavy atom. The standard InChI is InChI=1S/C20H18FN7O/c21-14-5-3-4-13(8-14)15-9-23-19(25-15)17-6-1-2-7-28(17)20(29)16-11-27-12-24-26-18(27)10-22-16/h3-5,8-12,17H,1-2,6-7H2,(H,23,25). The van der Waals surface area contributed by atoms with Crippen molar-refractivity contribution in [1.82, 2.24) is 34.4 Å². The Morgan fingerprint density at radius 3 is 3.03 bits per heavy atom. The lowest BCUT2D eigenvalue weighted by Crippen LogP contribution is -2.39. The van der Waals surface area contributed by atoms with Gasteiger partial charge in [-0.1, -0.05) is 12.1 Å². The molecule has 1 aromatic carbocycles. The summed E-state index contributed by atoms with van der Waals surface area (Å²) in [7, 11) is 0. The molecule has 29 heavy (non-hydrogen) atoms. The van der Waals surface area contributed by atoms with Crippen LogP contribution in [0.5, 0.6) is 0 Å². The summed E-state index contributed by atoms with van der Waals surface area (Å²) in [5, 5.41) is 7.74. The zero-order valence-electron chi connectivity index (χ0n) is 15.5. The number of benzene rings is 1. The van der Waals surface area contributed by atoms with Crippen LogP contribution in [0.1, 0.15) is 41.6 Å². The van der Waals surface area contributed by atoms with E-state index in [1.165, 1.54) is 18.3 Å². The molecule has 9 heteroatoms. The van der Waals surface area contributed by atoms with E-state index < -0.39 is 0 Å². The van der Waals surface area contributed by atoms with Crippen molar-refractivity contribution in [3.63, 3.8) is 0 Å². The molecule has 0 saturated carbocycles. The van der Waals surface area contributed by atoms with E-state index in [0.29, 0.717) is 23.7 Å². The van der Waals surface area contributed by atoms with Gasteiger partial charge < -0.3 is 9.88 Å². The fourth-order valence-electron chi connectivity index (χ4n) is 3.76. The number of fused-ring (bicyclic) bond motifs is 1. The molecule has 4 heterocycles. The second kappa shape index (κ2) is 7.08. The van der Waals surface area contributed by atoms with Crippen LogP contribution in [0, 0.1) is 5.82 Å². The topological polar surface area (TPSA) is 92.1 Å². The molecule has 0 aliphatic carbocycles. The van der Waals surface area contributed by atoms with Crippen LogP contribution < -0.4 is 0 Å². The van der Waals surface area contributed by atoms with Crippen molar-refractivity contribution in [1.29, 1.82) is 0 Å². The van der Waals surface area contributed by atoms with Crippen LogP contribution in [0.3, 0.4) is 0 Å². The van der Waals surface area contributed by atoms with Gasteiger partial charge in [-0.2, -0.15) is 0 Å². The van der Waals surface area contributed by atoms with Gasteiger partial charge in [0.1, 0.15) is 23.7 Å². The summed E-state index contributed by atoms with van der Waals surface area (Å²) >= 11 is 0. The van der Waals surface area contributed by atoms with E-state index in [1.54, 1.807) is 34.1 Å². The number of aromatic nitrogens is 6. The zero-order valence-corrected chi connectivity index (χ0v) is 15.5. The average molecular weight is 391 g/mol. The highest BCUT2D eigenvalue weighted by molar-refractivity contribution is 5.92. The lowest BCUT2D eigenvalue weighted by molar-refractivity contribution is 0.0594. The zero-order chi connectivity index (χ0) is 19.8. The van der Waals surface area contributed by atoms with E-state index >= 15 is 0 Å². The number of rotatable bonds is 3. The third-order valence-corrected chi connectivity index (χ3v) is 5.21. The van der Waals surface area contributed by atoms with Gasteiger partial charge in [-0.25, -0.2) is 14.4 Å². The summed E-state index contributed by atoms with van der Waals surface area (Å²) in [6.45, 7) is 0.626. The Balaban J connectivity index is 1.45. The molecule has 0 bridgehead atoms. The SMILES string of the molecule is O=C(c1cn2cnnc2cn1)N1CCCCC1c1ncc(-c2cccc(F)c2)[nH]1. The van der Waals surface area contributed by atoms with E-state index in [9.17, 15) is 9.18 Å². The summed E-state index contributed by atoms with van der Waals surface area (Å²) in [6, 6.07) is 6.16. The molecule has 5 rings (SSSR count). The number of halogens is 1. The van der Waals surface area contributed by atoms with Crippen molar-refractivity contribution in [3.8, 4) is 11.3 Å². The first kappa shape index (κ1) is 17.5. The maximum Gasteiger partial charge on any atom is 0.274 e. The molecule has 8 nitrogen and oxygen atoms in total. The highest BCUT2D eigenvalue weighted by atomic mass is 19.1. The molecular formula is C20H18FN7O. The molecule has 1 fully saturated rings. The van der Waals surface area contributed by atoms with Crippen molar-refractivity contribution in [2.75, 3.05) is 6.54 Å². The molecule has 0 radical (unpaired) electrons. The van der Waals surface area contributed by atoms with Crippen LogP contribution >= 0.6 is 0 Å². The lowest BCUT2D eigenvalue weighted by Gasteiger charge is -2.34. The fourth-order valence-corrected chi connectivity index (χ4v) is 3.76. The third kappa shape index (κ3) is 3.24. The second-order valence-electron chi connectivity index (χ2n) is 7.07. The molecule has 3 aromatic heterocycles. The number of imidazole rings is 1. The van der Waals surface area contributed by atoms with Crippen molar-refractivity contribution >= 4 is 11.6 Å². The van der Waals surface area contributed by atoms with Gasteiger partial charge in [0.05, 0.1) is 24.1 Å². The first-order chi connectivity index (χ1) is 14.2. The molecule has 1 atom stereocenters. The maximum atomic E-state index is 13.6. The van der Waals surface area contributed by atoms with Crippen LogP contribution in [0.2, 0.25) is 0 Å². The summed E-state index contributed by atoms with van der Waals surface area (Å²) in [4.78, 5) is 27.0. The Hall–Kier alpha value is -3.62. The van der Waals surface area contributed by atoms with Gasteiger partial charge in [0.15, 0.2) is 5.65 Å². The predicted octanol–water partition coefficient (Wildman–Crippen LogP) is 3.02. The number of H-pyrrole nitrogens is 1. The molecule has 1 aliphatic rings. The molecule has 1 saturated heterocycles. The number of amides is 1. The van der Waals surface area contributed by atoms with Gasteiger partial charge in [-0.05, 0) is 31.4 Å². The van der Waals surface area contributed by atoms with Crippen LogP contribution in [-0.2, 0) is 0 Å². The summed E-state index contributed by atoms with van der Waals surface area (Å²) in [5.41, 5.74) is 2.36. The highest BCUT2D eigenvalue weighted by Crippen LogP contribution is 2.31. The average Bonchev–Trinajstić information content (AvgIpc) is 3.42. The quantitative estimate of drug-likeness (QED) is 0.580. The van der Waals surface area contributed by atoms with Gasteiger partial charge in [0.25, 0.3) is 5.91 Å². The number of nitrogens with one attached hydrogen (secondary N) is 1. The number of hydrogen-bond acceptors (Lipinski definition) is 5. The smallest absolute Gasteiger partial charge is 0.274 e. The maximum absolute atomic E-state index is 13.6. The van der Waals surface area contributed by atoms with E-state index in [-0.39, 0.29) is 17.8 Å². The Kier molecular flexibility index (Phi) is 4.27. The van der Waals surface area contributed by atoms with Crippen LogP contribution in [0.25, 0.3) is 16.9 Å². The normalized spacial score (nSPS) is 17.0. The van der Waals surface area contributed by atoms with E-state index in [1.807, 2.05) is 6.07 Å². The summed E-state index contributed by atoms with van der Waals surface area (Å²) < 4.78 is 15.2. The molecule has 4 aromatic rings. The first-order valence-electron chi connectivity index (χ1n) is 9.46. The van der Waals surface area contributed by atoms with E-state index in [2.05, 4.69) is 25.1 Å². The highest BCUT2D eigenvalue weighted by Gasteiger charge is 2.31. The number of piperidine rings is 1. The van der Waals surface area contributed by atoms with E-state index in [0.717, 1.165) is 30.5 Å². The molecule has 146 valence electrons. The van der Waals surface area contributed by atoms with Crippen molar-refractivity contribution in [2.45, 2.75) is 25.3 Å². The molecule has 1 N–H and O–H groups in total. The molecule has 1 amide bonds. The minimum absolute atomic E-state index is 0.158. The number of carbonyl (C=O) groups is 1. The van der Waals surface area contributed by atoms with Crippen LogP contribution in [0.15, 0.2) is 49.2 Å². The summed E-state index contributed by atoms with van der Waals surface area (Å²) in [6.07, 6.45) is 9.13. The fraction of sp³-hybridized carbons (Fsp3) is 0.250. The van der Waals surface area contributed by atoms with Gasteiger partial charge in [0, 0.05) is 18.3 Å². The molecule has 1 unspecified atom stereocenters. The largest absolute Gasteiger partial charge is 0.340 e. The number of aromatic amines is 1. The van der Waals surface area contributed by atoms with Gasteiger partial charge in [0.2, 0.25) is 0 Å². The molecule has 1 aliphatic heterocycles. The summed E-state index contributed by atoms with van der Waals surface area (Å²) in [5.74, 6) is 0.236. The molecule has 0 spiro atoms. The number of carbonyl (C=O) groups excluding carboxylic acids is 1. The number of nitrogens with zero attached hydrogens (tertiary/aromatic N) is 6. The monoisotopic (exact) mass is 391 g/mol. The third-order valence-electron chi connectivity index (χ3n) is 5.21. The Morgan fingerprint density at radius 2 is 2.14 bits per heavy atom. The Bertz CT molecular complexity index is 1180. The van der Waals surface area contributed by atoms with Gasteiger partial charge in [-0.15, -0.1) is 10.2 Å². The van der Waals surface area contributed by atoms with E-state index in [4.69, 9.17) is 0 Å². The van der Waals surface area contributed by atoms with Gasteiger partial charge in [-0.3, -0.25) is 9.20 Å². The van der Waals surface area contributed by atoms with Crippen LogP contribution in [0.4, 0.5) is 4.39 Å². The predicted molar refractivity (Wildman–Crippen MR) is 102 cm³/mol. The molecular weight excluding hydrogens is 373 g/mol. The minimum atomic E-state index is -0.302. The number of likely N-dealkylation sites (tertiary alicyclic amines) is 1. The van der Waals surface area contributed by atoms with Gasteiger partial charge >= 0.3 is 0 Å². The Labute approximate surface area is 165 Å². The number of hydrogen-bond donors (Lipinski definition) is 1. The minimum Gasteiger partial charge on any atom is -0.340 e. The second-order valence-corrected chi connectivity index (χ2v) is 7.07. The lowest BCUT2D eigenvalue weighted by atomic mass is 10.0. The van der Waals surface area contributed by atoms with Crippen molar-refractivity contribution in [3.05, 3.63) is 66.5 Å². The van der Waals surface area contributed by atoms with Crippen molar-refractivity contribution in [2.24, 2.45) is 0 Å².